The predicted molar refractivity (Wildman–Crippen MR) is 91.0 cm³/mol. The number of nitrogens with zero attached hydrogens (tertiary/aromatic N) is 2. The number of rotatable bonds is 6. The molecule has 0 amide bonds. The maximum atomic E-state index is 12.6. The van der Waals surface area contributed by atoms with E-state index < -0.39 is 14.9 Å². The number of nitro groups is 1. The van der Waals surface area contributed by atoms with Crippen LogP contribution in [0, 0.1) is 10.1 Å². The minimum absolute atomic E-state index is 0. The van der Waals surface area contributed by atoms with E-state index in [9.17, 15) is 18.5 Å². The molecule has 0 saturated carbocycles. The first-order valence-corrected chi connectivity index (χ1v) is 8.98. The summed E-state index contributed by atoms with van der Waals surface area (Å²) in [5.74, 6) is -0.133. The molecule has 1 heterocycles. The van der Waals surface area contributed by atoms with Crippen LogP contribution >= 0.6 is 12.4 Å². The van der Waals surface area contributed by atoms with Crippen molar-refractivity contribution in [2.24, 2.45) is 5.73 Å². The van der Waals surface area contributed by atoms with Crippen LogP contribution in [0.1, 0.15) is 31.2 Å². The number of hydrogen-bond acceptors (Lipinski definition) is 5. The molecule has 0 radical (unpaired) electrons. The van der Waals surface area contributed by atoms with E-state index in [1.54, 1.807) is 4.31 Å². The van der Waals surface area contributed by atoms with Crippen LogP contribution in [0.2, 0.25) is 0 Å². The molecule has 1 aliphatic rings. The van der Waals surface area contributed by atoms with Crippen molar-refractivity contribution in [2.45, 2.75) is 37.5 Å². The molecular weight excluding hydrogens is 342 g/mol. The zero-order chi connectivity index (χ0) is 16.2. The lowest BCUT2D eigenvalue weighted by atomic mass is 10.0. The quantitative estimate of drug-likeness (QED) is 0.614. The summed E-state index contributed by atoms with van der Waals surface area (Å²) in [5.41, 5.74) is 6.09. The van der Waals surface area contributed by atoms with E-state index in [1.165, 1.54) is 24.3 Å². The van der Waals surface area contributed by atoms with Crippen LogP contribution < -0.4 is 5.73 Å². The number of non-ortho nitro benzene ring substituents is 1. The first-order chi connectivity index (χ1) is 10.4. The lowest BCUT2D eigenvalue weighted by molar-refractivity contribution is -0.384. The molecule has 0 aromatic heterocycles. The summed E-state index contributed by atoms with van der Waals surface area (Å²) in [6, 6.07) is 5.63. The van der Waals surface area contributed by atoms with Crippen molar-refractivity contribution in [1.29, 1.82) is 0 Å². The van der Waals surface area contributed by atoms with Gasteiger partial charge in [-0.3, -0.25) is 10.1 Å². The van der Waals surface area contributed by atoms with Gasteiger partial charge in [0.2, 0.25) is 10.0 Å². The summed E-state index contributed by atoms with van der Waals surface area (Å²) in [5, 5.41) is 10.6. The van der Waals surface area contributed by atoms with E-state index in [0.717, 1.165) is 19.3 Å². The zero-order valence-electron chi connectivity index (χ0n) is 12.8. The number of nitrogens with two attached hydrogens (primary N) is 1. The molecule has 9 heteroatoms. The van der Waals surface area contributed by atoms with Gasteiger partial charge >= 0.3 is 0 Å². The fraction of sp³-hybridized carbons (Fsp3) is 0.571. The Balaban J connectivity index is 0.00000264. The van der Waals surface area contributed by atoms with Crippen molar-refractivity contribution in [3.63, 3.8) is 0 Å². The highest BCUT2D eigenvalue weighted by Gasteiger charge is 2.31. The molecule has 1 aliphatic heterocycles. The number of nitro benzene ring substituents is 1. The number of halogens is 1. The van der Waals surface area contributed by atoms with E-state index in [4.69, 9.17) is 5.73 Å². The summed E-state index contributed by atoms with van der Waals surface area (Å²) in [6.45, 7) is 0.994. The van der Waals surface area contributed by atoms with Crippen LogP contribution in [0.15, 0.2) is 24.3 Å². The van der Waals surface area contributed by atoms with Crippen LogP contribution in [0.3, 0.4) is 0 Å². The van der Waals surface area contributed by atoms with Crippen molar-refractivity contribution in [2.75, 3.05) is 13.1 Å². The first-order valence-electron chi connectivity index (χ1n) is 7.37. The number of hydrogen-bond donors (Lipinski definition) is 1. The minimum atomic E-state index is -3.43. The van der Waals surface area contributed by atoms with Gasteiger partial charge in [0.05, 0.1) is 10.7 Å². The molecule has 0 aliphatic carbocycles. The van der Waals surface area contributed by atoms with Gasteiger partial charge in [0, 0.05) is 24.7 Å². The van der Waals surface area contributed by atoms with Crippen molar-refractivity contribution in [1.82, 2.24) is 4.31 Å². The topological polar surface area (TPSA) is 107 Å². The van der Waals surface area contributed by atoms with Gasteiger partial charge in [-0.1, -0.05) is 18.6 Å². The molecule has 0 bridgehead atoms. The Labute approximate surface area is 142 Å². The second kappa shape index (κ2) is 8.58. The lowest BCUT2D eigenvalue weighted by Crippen LogP contribution is -2.45. The Morgan fingerprint density at radius 1 is 1.26 bits per heavy atom. The molecule has 1 aromatic carbocycles. The molecule has 1 aromatic rings. The van der Waals surface area contributed by atoms with Crippen LogP contribution in [-0.2, 0) is 15.8 Å². The van der Waals surface area contributed by atoms with Crippen LogP contribution in [-0.4, -0.2) is 36.8 Å². The van der Waals surface area contributed by atoms with Crippen LogP contribution in [0.25, 0.3) is 0 Å². The first kappa shape index (κ1) is 19.8. The normalized spacial score (nSPS) is 19.1. The van der Waals surface area contributed by atoms with Crippen LogP contribution in [0.4, 0.5) is 5.69 Å². The number of sulfonamides is 1. The highest BCUT2D eigenvalue weighted by molar-refractivity contribution is 7.88. The third-order valence-corrected chi connectivity index (χ3v) is 5.82. The van der Waals surface area contributed by atoms with Gasteiger partial charge in [-0.2, -0.15) is 4.31 Å². The monoisotopic (exact) mass is 363 g/mol. The molecule has 1 fully saturated rings. The molecule has 0 spiro atoms. The number of benzene rings is 1. The largest absolute Gasteiger partial charge is 0.330 e. The van der Waals surface area contributed by atoms with Crippen LogP contribution in [0.5, 0.6) is 0 Å². The average molecular weight is 364 g/mol. The summed E-state index contributed by atoms with van der Waals surface area (Å²) >= 11 is 0. The minimum Gasteiger partial charge on any atom is -0.330 e. The van der Waals surface area contributed by atoms with Gasteiger partial charge in [-0.05, 0) is 31.4 Å². The Morgan fingerprint density at radius 2 is 1.91 bits per heavy atom. The second-order valence-corrected chi connectivity index (χ2v) is 7.44. The van der Waals surface area contributed by atoms with Crippen molar-refractivity contribution < 1.29 is 13.3 Å². The predicted octanol–water partition coefficient (Wildman–Crippen LogP) is 2.05. The SMILES string of the molecule is Cl.NCCC1CCCCN1S(=O)(=O)Cc1ccc([N+](=O)[O-])cc1. The Morgan fingerprint density at radius 3 is 2.48 bits per heavy atom. The Hall–Kier alpha value is -1.22. The fourth-order valence-electron chi connectivity index (χ4n) is 2.83. The average Bonchev–Trinajstić information content (AvgIpc) is 2.48. The molecule has 2 N–H and O–H groups in total. The van der Waals surface area contributed by atoms with E-state index >= 15 is 0 Å². The second-order valence-electron chi connectivity index (χ2n) is 5.52. The van der Waals surface area contributed by atoms with Gasteiger partial charge < -0.3 is 5.73 Å². The summed E-state index contributed by atoms with van der Waals surface area (Å²) in [6.07, 6.45) is 3.39. The van der Waals surface area contributed by atoms with E-state index in [2.05, 4.69) is 0 Å². The molecule has 2 rings (SSSR count). The van der Waals surface area contributed by atoms with Gasteiger partial charge in [-0.25, -0.2) is 8.42 Å². The molecule has 23 heavy (non-hydrogen) atoms. The van der Waals surface area contributed by atoms with E-state index in [1.807, 2.05) is 0 Å². The van der Waals surface area contributed by atoms with Gasteiger partial charge in [-0.15, -0.1) is 12.4 Å². The third-order valence-electron chi connectivity index (χ3n) is 3.93. The van der Waals surface area contributed by atoms with Gasteiger partial charge in [0.25, 0.3) is 5.69 Å². The molecule has 1 unspecified atom stereocenters. The van der Waals surface area contributed by atoms with Crippen molar-refractivity contribution in [3.8, 4) is 0 Å². The highest BCUT2D eigenvalue weighted by Crippen LogP contribution is 2.25. The summed E-state index contributed by atoms with van der Waals surface area (Å²) < 4.78 is 26.8. The van der Waals surface area contributed by atoms with Crippen molar-refractivity contribution in [3.05, 3.63) is 39.9 Å². The summed E-state index contributed by atoms with van der Waals surface area (Å²) in [4.78, 5) is 10.1. The lowest BCUT2D eigenvalue weighted by Gasteiger charge is -2.34. The zero-order valence-corrected chi connectivity index (χ0v) is 14.4. The molecule has 1 saturated heterocycles. The maximum Gasteiger partial charge on any atom is 0.269 e. The molecule has 7 nitrogen and oxygen atoms in total. The molecule has 1 atom stereocenters. The van der Waals surface area contributed by atoms with E-state index in [0.29, 0.717) is 25.1 Å². The van der Waals surface area contributed by atoms with Gasteiger partial charge in [0.1, 0.15) is 0 Å². The maximum absolute atomic E-state index is 12.6. The van der Waals surface area contributed by atoms with E-state index in [-0.39, 0.29) is 29.9 Å². The van der Waals surface area contributed by atoms with Crippen molar-refractivity contribution >= 4 is 28.1 Å². The molecular formula is C14H22ClN3O4S. The Bertz CT molecular complexity index is 619. The molecule has 130 valence electrons. The smallest absolute Gasteiger partial charge is 0.269 e. The number of piperidine rings is 1. The fourth-order valence-corrected chi connectivity index (χ4v) is 4.68. The highest BCUT2D eigenvalue weighted by atomic mass is 35.5. The third kappa shape index (κ3) is 5.13. The standard InChI is InChI=1S/C14H21N3O4S.ClH/c15-9-8-13-3-1-2-10-16(13)22(20,21)11-12-4-6-14(7-5-12)17(18)19;/h4-7,13H,1-3,8-11,15H2;1H. The summed E-state index contributed by atoms with van der Waals surface area (Å²) in [7, 11) is -3.43. The van der Waals surface area contributed by atoms with Gasteiger partial charge in [0.15, 0.2) is 0 Å². The Kier molecular flexibility index (Phi) is 7.40.